The van der Waals surface area contributed by atoms with Gasteiger partial charge in [0.15, 0.2) is 0 Å². The van der Waals surface area contributed by atoms with Gasteiger partial charge in [-0.15, -0.1) is 0 Å². The van der Waals surface area contributed by atoms with E-state index in [4.69, 9.17) is 11.6 Å². The number of benzene rings is 1. The quantitative estimate of drug-likeness (QED) is 0.818. The van der Waals surface area contributed by atoms with E-state index in [0.29, 0.717) is 0 Å². The van der Waals surface area contributed by atoms with Crippen molar-refractivity contribution >= 4 is 11.6 Å². The van der Waals surface area contributed by atoms with E-state index < -0.39 is 0 Å². The van der Waals surface area contributed by atoms with Gasteiger partial charge in [0.05, 0.1) is 16.9 Å². The Balaban J connectivity index is 2.29. The van der Waals surface area contributed by atoms with Gasteiger partial charge in [0.2, 0.25) is 0 Å². The number of para-hydroxylation sites is 1. The Morgan fingerprint density at radius 2 is 2.05 bits per heavy atom. The van der Waals surface area contributed by atoms with Crippen molar-refractivity contribution in [2.75, 3.05) is 6.54 Å². The lowest BCUT2D eigenvalue weighted by Gasteiger charge is -2.09. The molecule has 4 heteroatoms. The Labute approximate surface area is 119 Å². The van der Waals surface area contributed by atoms with E-state index in [0.717, 1.165) is 36.6 Å². The summed E-state index contributed by atoms with van der Waals surface area (Å²) in [5.41, 5.74) is 3.41. The molecule has 0 aliphatic carbocycles. The van der Waals surface area contributed by atoms with Gasteiger partial charge in [-0.3, -0.25) is 0 Å². The second-order valence-electron chi connectivity index (χ2n) is 4.51. The number of halogens is 1. The molecule has 0 aliphatic heterocycles. The fourth-order valence-corrected chi connectivity index (χ4v) is 2.38. The van der Waals surface area contributed by atoms with Gasteiger partial charge in [-0.05, 0) is 31.5 Å². The number of hydrogen-bond acceptors (Lipinski definition) is 2. The lowest BCUT2D eigenvalue weighted by Crippen LogP contribution is -2.15. The molecule has 0 bridgehead atoms. The Kier molecular flexibility index (Phi) is 5.00. The average molecular weight is 278 g/mol. The van der Waals surface area contributed by atoms with E-state index in [9.17, 15) is 0 Å². The number of nitrogens with zero attached hydrogens (tertiary/aromatic N) is 2. The van der Waals surface area contributed by atoms with Crippen molar-refractivity contribution in [1.82, 2.24) is 15.1 Å². The van der Waals surface area contributed by atoms with Crippen molar-refractivity contribution in [3.63, 3.8) is 0 Å². The van der Waals surface area contributed by atoms with Crippen molar-refractivity contribution in [3.05, 3.63) is 46.7 Å². The topological polar surface area (TPSA) is 29.9 Å². The van der Waals surface area contributed by atoms with Crippen LogP contribution in [0.25, 0.3) is 5.69 Å². The van der Waals surface area contributed by atoms with Crippen molar-refractivity contribution in [3.8, 4) is 5.69 Å². The van der Waals surface area contributed by atoms with E-state index in [-0.39, 0.29) is 0 Å². The zero-order valence-electron chi connectivity index (χ0n) is 11.5. The van der Waals surface area contributed by atoms with Crippen molar-refractivity contribution < 1.29 is 0 Å². The Bertz CT molecular complexity index is 534. The van der Waals surface area contributed by atoms with Crippen LogP contribution in [-0.2, 0) is 13.0 Å². The van der Waals surface area contributed by atoms with E-state index in [1.165, 1.54) is 11.3 Å². The summed E-state index contributed by atoms with van der Waals surface area (Å²) < 4.78 is 1.95. The number of hydrogen-bond donors (Lipinski definition) is 1. The zero-order chi connectivity index (χ0) is 13.7. The van der Waals surface area contributed by atoms with Crippen LogP contribution < -0.4 is 5.32 Å². The summed E-state index contributed by atoms with van der Waals surface area (Å²) in [6, 6.07) is 7.81. The molecule has 0 aliphatic rings. The second-order valence-corrected chi connectivity index (χ2v) is 4.92. The van der Waals surface area contributed by atoms with Gasteiger partial charge in [0.1, 0.15) is 0 Å². The SMILES string of the molecule is CCCNCc1cnn(-c2ccccc2Cl)c1CC. The molecule has 3 nitrogen and oxygen atoms in total. The molecule has 0 fully saturated rings. The summed E-state index contributed by atoms with van der Waals surface area (Å²) in [5.74, 6) is 0. The molecule has 2 rings (SSSR count). The molecule has 1 heterocycles. The van der Waals surface area contributed by atoms with Crippen LogP contribution in [0.3, 0.4) is 0 Å². The van der Waals surface area contributed by atoms with Gasteiger partial charge in [-0.1, -0.05) is 37.6 Å². The molecule has 0 saturated carbocycles. The molecule has 0 spiro atoms. The summed E-state index contributed by atoms with van der Waals surface area (Å²) in [5, 5.41) is 8.64. The Morgan fingerprint density at radius 1 is 1.26 bits per heavy atom. The highest BCUT2D eigenvalue weighted by molar-refractivity contribution is 6.32. The minimum absolute atomic E-state index is 0.730. The summed E-state index contributed by atoms with van der Waals surface area (Å²) in [6.07, 6.45) is 4.01. The molecule has 0 amide bonds. The summed E-state index contributed by atoms with van der Waals surface area (Å²) in [4.78, 5) is 0. The van der Waals surface area contributed by atoms with Crippen molar-refractivity contribution in [2.24, 2.45) is 0 Å². The van der Waals surface area contributed by atoms with E-state index in [2.05, 4.69) is 24.3 Å². The number of nitrogens with one attached hydrogen (secondary N) is 1. The van der Waals surface area contributed by atoms with Crippen LogP contribution in [0.4, 0.5) is 0 Å². The first-order valence-corrected chi connectivity index (χ1v) is 7.17. The largest absolute Gasteiger partial charge is 0.313 e. The first-order chi connectivity index (χ1) is 9.27. The highest BCUT2D eigenvalue weighted by atomic mass is 35.5. The third-order valence-corrected chi connectivity index (χ3v) is 3.43. The maximum Gasteiger partial charge on any atom is 0.0835 e. The minimum Gasteiger partial charge on any atom is -0.313 e. The highest BCUT2D eigenvalue weighted by Crippen LogP contribution is 2.22. The summed E-state index contributed by atoms with van der Waals surface area (Å²) >= 11 is 6.25. The molecule has 1 aromatic carbocycles. The van der Waals surface area contributed by atoms with Gasteiger partial charge in [-0.25, -0.2) is 4.68 Å². The molecule has 102 valence electrons. The summed E-state index contributed by atoms with van der Waals surface area (Å²) in [7, 11) is 0. The van der Waals surface area contributed by atoms with Gasteiger partial charge in [-0.2, -0.15) is 5.10 Å². The molecular weight excluding hydrogens is 258 g/mol. The lowest BCUT2D eigenvalue weighted by atomic mass is 10.2. The van der Waals surface area contributed by atoms with Crippen LogP contribution >= 0.6 is 11.6 Å². The standard InChI is InChI=1S/C15H20ClN3/c1-3-9-17-10-12-11-18-19(14(12)4-2)15-8-6-5-7-13(15)16/h5-8,11,17H,3-4,9-10H2,1-2H3. The van der Waals surface area contributed by atoms with Gasteiger partial charge >= 0.3 is 0 Å². The normalized spacial score (nSPS) is 10.9. The van der Waals surface area contributed by atoms with E-state index in [1.807, 2.05) is 35.1 Å². The van der Waals surface area contributed by atoms with Crippen molar-refractivity contribution in [2.45, 2.75) is 33.2 Å². The predicted octanol–water partition coefficient (Wildman–Crippen LogP) is 3.59. The van der Waals surface area contributed by atoms with Crippen LogP contribution in [0.2, 0.25) is 5.02 Å². The molecular formula is C15H20ClN3. The molecule has 0 saturated heterocycles. The Hall–Kier alpha value is -1.32. The Morgan fingerprint density at radius 3 is 2.74 bits per heavy atom. The van der Waals surface area contributed by atoms with Gasteiger partial charge in [0.25, 0.3) is 0 Å². The van der Waals surface area contributed by atoms with Crippen molar-refractivity contribution in [1.29, 1.82) is 0 Å². The first-order valence-electron chi connectivity index (χ1n) is 6.79. The summed E-state index contributed by atoms with van der Waals surface area (Å²) in [6.45, 7) is 6.20. The van der Waals surface area contributed by atoms with Crippen LogP contribution in [0, 0.1) is 0 Å². The lowest BCUT2D eigenvalue weighted by molar-refractivity contribution is 0.669. The maximum atomic E-state index is 6.25. The second kappa shape index (κ2) is 6.73. The minimum atomic E-state index is 0.730. The van der Waals surface area contributed by atoms with Crippen LogP contribution in [0.1, 0.15) is 31.5 Å². The first kappa shape index (κ1) is 14.1. The molecule has 1 N–H and O–H groups in total. The monoisotopic (exact) mass is 277 g/mol. The fraction of sp³-hybridized carbons (Fsp3) is 0.400. The molecule has 2 aromatic rings. The molecule has 0 atom stereocenters. The fourth-order valence-electron chi connectivity index (χ4n) is 2.16. The molecule has 0 unspecified atom stereocenters. The van der Waals surface area contributed by atoms with Crippen LogP contribution in [-0.4, -0.2) is 16.3 Å². The molecule has 19 heavy (non-hydrogen) atoms. The number of rotatable bonds is 6. The van der Waals surface area contributed by atoms with Gasteiger partial charge in [0, 0.05) is 17.8 Å². The predicted molar refractivity (Wildman–Crippen MR) is 79.9 cm³/mol. The highest BCUT2D eigenvalue weighted by Gasteiger charge is 2.12. The van der Waals surface area contributed by atoms with Gasteiger partial charge < -0.3 is 5.32 Å². The third kappa shape index (κ3) is 3.17. The zero-order valence-corrected chi connectivity index (χ0v) is 12.2. The van der Waals surface area contributed by atoms with E-state index >= 15 is 0 Å². The van der Waals surface area contributed by atoms with Crippen LogP contribution in [0.15, 0.2) is 30.5 Å². The van der Waals surface area contributed by atoms with E-state index in [1.54, 1.807) is 0 Å². The smallest absolute Gasteiger partial charge is 0.0835 e. The average Bonchev–Trinajstić information content (AvgIpc) is 2.82. The molecule has 0 radical (unpaired) electrons. The third-order valence-electron chi connectivity index (χ3n) is 3.11. The van der Waals surface area contributed by atoms with Crippen LogP contribution in [0.5, 0.6) is 0 Å². The molecule has 1 aromatic heterocycles. The number of aromatic nitrogens is 2. The maximum absolute atomic E-state index is 6.25.